The first kappa shape index (κ1) is 9.55. The van der Waals surface area contributed by atoms with Crippen LogP contribution >= 0.6 is 11.6 Å². The summed E-state index contributed by atoms with van der Waals surface area (Å²) in [5.41, 5.74) is 3.76. The normalized spacial score (nSPS) is 12.8. The van der Waals surface area contributed by atoms with Gasteiger partial charge in [-0.3, -0.25) is 4.98 Å². The number of halogens is 1. The largest absolute Gasteiger partial charge is 0.255 e. The van der Waals surface area contributed by atoms with E-state index in [1.54, 1.807) is 6.20 Å². The molecule has 1 aliphatic rings. The van der Waals surface area contributed by atoms with Crippen LogP contribution in [-0.2, 0) is 6.42 Å². The van der Waals surface area contributed by atoms with Crippen LogP contribution in [0.1, 0.15) is 11.3 Å². The molecule has 0 aliphatic heterocycles. The van der Waals surface area contributed by atoms with E-state index >= 15 is 0 Å². The van der Waals surface area contributed by atoms with Gasteiger partial charge in [0.25, 0.3) is 0 Å². The fourth-order valence-corrected chi connectivity index (χ4v) is 2.11. The van der Waals surface area contributed by atoms with E-state index in [1.165, 1.54) is 0 Å². The highest BCUT2D eigenvalue weighted by molar-refractivity contribution is 6.31. The second kappa shape index (κ2) is 3.72. The number of hydrogen-bond acceptors (Lipinski definition) is 2. The van der Waals surface area contributed by atoms with E-state index in [4.69, 9.17) is 11.6 Å². The van der Waals surface area contributed by atoms with Crippen molar-refractivity contribution in [3.63, 3.8) is 0 Å². The first-order valence-corrected chi connectivity index (χ1v) is 5.50. The molecule has 2 aromatic heterocycles. The van der Waals surface area contributed by atoms with Crippen LogP contribution in [0.3, 0.4) is 0 Å². The van der Waals surface area contributed by atoms with Gasteiger partial charge in [0.05, 0.1) is 17.1 Å². The summed E-state index contributed by atoms with van der Waals surface area (Å²) in [5.74, 6) is 0. The van der Waals surface area contributed by atoms with E-state index in [1.807, 2.05) is 30.3 Å². The lowest BCUT2D eigenvalue weighted by molar-refractivity contribution is 1.19. The maximum atomic E-state index is 6.22. The maximum absolute atomic E-state index is 6.22. The molecule has 0 radical (unpaired) electrons. The van der Waals surface area contributed by atoms with Crippen LogP contribution in [-0.4, -0.2) is 9.97 Å². The predicted octanol–water partition coefficient (Wildman–Crippen LogP) is 3.37. The molecule has 0 spiro atoms. The van der Waals surface area contributed by atoms with Crippen molar-refractivity contribution in [1.82, 2.24) is 9.97 Å². The van der Waals surface area contributed by atoms with Crippen LogP contribution in [0, 0.1) is 0 Å². The number of nitrogens with zero attached hydrogens (tertiary/aromatic N) is 2. The zero-order chi connectivity index (χ0) is 11.0. The molecular weight excluding hydrogens is 220 g/mol. The highest BCUT2D eigenvalue weighted by Crippen LogP contribution is 2.29. The number of hydrogen-bond donors (Lipinski definition) is 0. The number of pyridine rings is 2. The summed E-state index contributed by atoms with van der Waals surface area (Å²) in [7, 11) is 0. The second-order valence-corrected chi connectivity index (χ2v) is 4.08. The Morgan fingerprint density at radius 2 is 2.12 bits per heavy atom. The summed E-state index contributed by atoms with van der Waals surface area (Å²) in [6, 6.07) is 7.65. The summed E-state index contributed by atoms with van der Waals surface area (Å²) in [4.78, 5) is 8.82. The third kappa shape index (κ3) is 1.51. The van der Waals surface area contributed by atoms with Gasteiger partial charge in [-0.1, -0.05) is 23.7 Å². The van der Waals surface area contributed by atoms with Gasteiger partial charge in [-0.2, -0.15) is 0 Å². The molecule has 16 heavy (non-hydrogen) atoms. The first-order valence-electron chi connectivity index (χ1n) is 5.12. The molecule has 0 amide bonds. The third-order valence-electron chi connectivity index (χ3n) is 2.63. The van der Waals surface area contributed by atoms with Crippen molar-refractivity contribution in [3.8, 4) is 11.4 Å². The Bertz CT molecular complexity index is 562. The van der Waals surface area contributed by atoms with Crippen molar-refractivity contribution in [1.29, 1.82) is 0 Å². The van der Waals surface area contributed by atoms with Crippen molar-refractivity contribution in [2.45, 2.75) is 6.42 Å². The molecule has 0 N–H and O–H groups in total. The molecule has 2 heterocycles. The summed E-state index contributed by atoms with van der Waals surface area (Å²) in [5, 5.41) is 0.774. The molecule has 2 aromatic rings. The van der Waals surface area contributed by atoms with Gasteiger partial charge in [0, 0.05) is 16.8 Å². The molecule has 0 saturated carbocycles. The Kier molecular flexibility index (Phi) is 2.22. The summed E-state index contributed by atoms with van der Waals surface area (Å²) in [6.45, 7) is 0. The van der Waals surface area contributed by atoms with Crippen molar-refractivity contribution >= 4 is 17.7 Å². The number of aromatic nitrogens is 2. The number of rotatable bonds is 1. The Morgan fingerprint density at radius 1 is 1.19 bits per heavy atom. The Balaban J connectivity index is 2.17. The monoisotopic (exact) mass is 228 g/mol. The molecule has 0 aromatic carbocycles. The lowest BCUT2D eigenvalue weighted by Gasteiger charge is -2.05. The quantitative estimate of drug-likeness (QED) is 0.748. The minimum absolute atomic E-state index is 0.774. The minimum atomic E-state index is 0.774. The summed E-state index contributed by atoms with van der Waals surface area (Å²) in [6.07, 6.45) is 6.72. The number of fused-ring (bicyclic) bond motifs is 1. The first-order chi connectivity index (χ1) is 7.84. The second-order valence-electron chi connectivity index (χ2n) is 3.67. The predicted molar refractivity (Wildman–Crippen MR) is 65.2 cm³/mol. The molecule has 0 atom stereocenters. The van der Waals surface area contributed by atoms with Crippen LogP contribution in [0.4, 0.5) is 0 Å². The Hall–Kier alpha value is -1.67. The van der Waals surface area contributed by atoms with Crippen LogP contribution in [0.25, 0.3) is 17.5 Å². The Labute approximate surface area is 98.6 Å². The molecule has 3 heteroatoms. The molecule has 0 fully saturated rings. The van der Waals surface area contributed by atoms with Crippen molar-refractivity contribution < 1.29 is 0 Å². The smallest absolute Gasteiger partial charge is 0.0908 e. The molecule has 0 saturated heterocycles. The van der Waals surface area contributed by atoms with E-state index in [9.17, 15) is 0 Å². The van der Waals surface area contributed by atoms with Crippen molar-refractivity contribution in [2.75, 3.05) is 0 Å². The maximum Gasteiger partial charge on any atom is 0.0908 e. The summed E-state index contributed by atoms with van der Waals surface area (Å²) >= 11 is 6.22. The van der Waals surface area contributed by atoms with E-state index in [2.05, 4.69) is 16.0 Å². The van der Waals surface area contributed by atoms with Crippen molar-refractivity contribution in [3.05, 3.63) is 52.8 Å². The molecule has 0 bridgehead atoms. The minimum Gasteiger partial charge on any atom is -0.255 e. The van der Waals surface area contributed by atoms with Gasteiger partial charge in [0.15, 0.2) is 0 Å². The topological polar surface area (TPSA) is 25.8 Å². The average molecular weight is 229 g/mol. The average Bonchev–Trinajstić information content (AvgIpc) is 2.79. The van der Waals surface area contributed by atoms with Gasteiger partial charge >= 0.3 is 0 Å². The Morgan fingerprint density at radius 3 is 2.94 bits per heavy atom. The van der Waals surface area contributed by atoms with Crippen LogP contribution in [0.15, 0.2) is 36.5 Å². The number of allylic oxidation sites excluding steroid dienone is 1. The van der Waals surface area contributed by atoms with Gasteiger partial charge in [-0.15, -0.1) is 0 Å². The molecule has 1 aliphatic carbocycles. The van der Waals surface area contributed by atoms with E-state index < -0.39 is 0 Å². The SMILES string of the molecule is Clc1cc(-c2ccccn2)nc2c1CC=C2. The van der Waals surface area contributed by atoms with Crippen LogP contribution in [0.5, 0.6) is 0 Å². The van der Waals surface area contributed by atoms with Crippen molar-refractivity contribution in [2.24, 2.45) is 0 Å². The van der Waals surface area contributed by atoms with E-state index in [0.29, 0.717) is 0 Å². The standard InChI is InChI=1S/C13H9ClN2/c14-10-8-13(12-5-1-2-7-15-12)16-11-6-3-4-9(10)11/h1-3,5-8H,4H2. The fourth-order valence-electron chi connectivity index (χ4n) is 1.83. The summed E-state index contributed by atoms with van der Waals surface area (Å²) < 4.78 is 0. The lowest BCUT2D eigenvalue weighted by Crippen LogP contribution is -1.93. The molecule has 2 nitrogen and oxygen atoms in total. The molecule has 78 valence electrons. The molecule has 3 rings (SSSR count). The van der Waals surface area contributed by atoms with Gasteiger partial charge in [0.1, 0.15) is 0 Å². The highest BCUT2D eigenvalue weighted by Gasteiger charge is 2.13. The molecule has 0 unspecified atom stereocenters. The highest BCUT2D eigenvalue weighted by atomic mass is 35.5. The zero-order valence-electron chi connectivity index (χ0n) is 8.52. The molecular formula is C13H9ClN2. The lowest BCUT2D eigenvalue weighted by atomic mass is 10.1. The van der Waals surface area contributed by atoms with Crippen LogP contribution in [0.2, 0.25) is 5.02 Å². The van der Waals surface area contributed by atoms with Crippen LogP contribution < -0.4 is 0 Å². The van der Waals surface area contributed by atoms with Gasteiger partial charge in [0.2, 0.25) is 0 Å². The van der Waals surface area contributed by atoms with Gasteiger partial charge in [-0.25, -0.2) is 4.98 Å². The van der Waals surface area contributed by atoms with Gasteiger partial charge < -0.3 is 0 Å². The van der Waals surface area contributed by atoms with Gasteiger partial charge in [-0.05, 0) is 30.7 Å². The third-order valence-corrected chi connectivity index (χ3v) is 2.96. The fraction of sp³-hybridized carbons (Fsp3) is 0.0769. The van der Waals surface area contributed by atoms with E-state index in [0.717, 1.165) is 34.1 Å². The van der Waals surface area contributed by atoms with E-state index in [-0.39, 0.29) is 0 Å². The zero-order valence-corrected chi connectivity index (χ0v) is 9.28.